The molecule has 0 fully saturated rings. The van der Waals surface area contributed by atoms with Crippen LogP contribution in [0.15, 0.2) is 77.7 Å². The Balaban J connectivity index is 1.82. The zero-order valence-electron chi connectivity index (χ0n) is 18.5. The molecule has 0 heterocycles. The minimum Gasteiger partial charge on any atom is -0.497 e. The molecule has 0 unspecified atom stereocenters. The molecule has 1 N–H and O–H groups in total. The van der Waals surface area contributed by atoms with Crippen molar-refractivity contribution >= 4 is 27.5 Å². The molecule has 3 aromatic carbocycles. The third-order valence-corrected chi connectivity index (χ3v) is 6.76. The second-order valence-electron chi connectivity index (χ2n) is 6.97. The third-order valence-electron chi connectivity index (χ3n) is 4.86. The number of ether oxygens (including phenoxy) is 2. The number of hydrogen-bond acceptors (Lipinski definition) is 7. The number of non-ortho nitro benzene ring substituents is 1. The lowest BCUT2D eigenvalue weighted by molar-refractivity contribution is -0.384. The summed E-state index contributed by atoms with van der Waals surface area (Å²) in [5.74, 6) is 0.605. The summed E-state index contributed by atoms with van der Waals surface area (Å²) >= 11 is 0. The number of sulfonamides is 1. The molecule has 3 aromatic rings. The van der Waals surface area contributed by atoms with Crippen molar-refractivity contribution < 1.29 is 27.6 Å². The number of rotatable bonds is 9. The number of nitro groups is 1. The highest BCUT2D eigenvalue weighted by molar-refractivity contribution is 7.92. The van der Waals surface area contributed by atoms with E-state index in [1.165, 1.54) is 47.8 Å². The SMILES string of the molecule is CCN(c1ccc(OC)cc1CNC(=O)Oc1ccc([N+](=O)[O-])cc1)S(=O)(=O)c1ccccc1. The Morgan fingerprint density at radius 1 is 1.03 bits per heavy atom. The summed E-state index contributed by atoms with van der Waals surface area (Å²) in [4.78, 5) is 22.6. The molecule has 0 spiro atoms. The van der Waals surface area contributed by atoms with Gasteiger partial charge in [0.2, 0.25) is 0 Å². The van der Waals surface area contributed by atoms with E-state index in [1.54, 1.807) is 43.3 Å². The van der Waals surface area contributed by atoms with Gasteiger partial charge in [0.05, 0.1) is 22.6 Å². The van der Waals surface area contributed by atoms with Gasteiger partial charge in [-0.2, -0.15) is 0 Å². The van der Waals surface area contributed by atoms with Crippen LogP contribution in [0, 0.1) is 10.1 Å². The topological polar surface area (TPSA) is 128 Å². The molecule has 3 rings (SSSR count). The monoisotopic (exact) mass is 485 g/mol. The minimum absolute atomic E-state index is 0.0564. The maximum atomic E-state index is 13.3. The number of nitrogens with one attached hydrogen (secondary N) is 1. The van der Waals surface area contributed by atoms with E-state index in [-0.39, 0.29) is 29.4 Å². The average Bonchev–Trinajstić information content (AvgIpc) is 2.84. The van der Waals surface area contributed by atoms with Gasteiger partial charge in [-0.05, 0) is 55.0 Å². The lowest BCUT2D eigenvalue weighted by Crippen LogP contribution is -2.33. The van der Waals surface area contributed by atoms with Crippen LogP contribution in [0.2, 0.25) is 0 Å². The molecule has 10 nitrogen and oxygen atoms in total. The summed E-state index contributed by atoms with van der Waals surface area (Å²) in [6.07, 6.45) is -0.809. The molecule has 0 saturated carbocycles. The number of nitrogens with zero attached hydrogens (tertiary/aromatic N) is 2. The summed E-state index contributed by atoms with van der Waals surface area (Å²) in [6, 6.07) is 18.0. The van der Waals surface area contributed by atoms with Gasteiger partial charge in [-0.1, -0.05) is 18.2 Å². The number of carbonyl (C=O) groups is 1. The fourth-order valence-corrected chi connectivity index (χ4v) is 4.74. The van der Waals surface area contributed by atoms with Crippen LogP contribution in [0.4, 0.5) is 16.2 Å². The Kier molecular flexibility index (Phi) is 7.69. The molecule has 0 aromatic heterocycles. The molecule has 1 amide bonds. The van der Waals surface area contributed by atoms with Crippen molar-refractivity contribution in [3.05, 3.63) is 88.5 Å². The molecule has 11 heteroatoms. The Bertz CT molecular complexity index is 1260. The van der Waals surface area contributed by atoms with Crippen molar-refractivity contribution in [2.75, 3.05) is 18.0 Å². The van der Waals surface area contributed by atoms with Crippen molar-refractivity contribution in [1.29, 1.82) is 0 Å². The maximum Gasteiger partial charge on any atom is 0.412 e. The lowest BCUT2D eigenvalue weighted by Gasteiger charge is -2.26. The first-order chi connectivity index (χ1) is 16.3. The highest BCUT2D eigenvalue weighted by atomic mass is 32.2. The summed E-state index contributed by atoms with van der Waals surface area (Å²) in [6.45, 7) is 1.81. The smallest absolute Gasteiger partial charge is 0.412 e. The van der Waals surface area contributed by atoms with E-state index >= 15 is 0 Å². The number of methoxy groups -OCH3 is 1. The number of nitro benzene ring substituents is 1. The lowest BCUT2D eigenvalue weighted by atomic mass is 10.1. The molecular weight excluding hydrogens is 462 g/mol. The first kappa shape index (κ1) is 24.5. The molecule has 34 heavy (non-hydrogen) atoms. The number of anilines is 1. The molecular formula is C23H23N3O7S. The zero-order chi connectivity index (χ0) is 24.7. The first-order valence-corrected chi connectivity index (χ1v) is 11.6. The quantitative estimate of drug-likeness (QED) is 0.357. The fraction of sp³-hybridized carbons (Fsp3) is 0.174. The van der Waals surface area contributed by atoms with Crippen molar-refractivity contribution in [3.63, 3.8) is 0 Å². The average molecular weight is 486 g/mol. The Labute approximate surface area is 196 Å². The second kappa shape index (κ2) is 10.7. The van der Waals surface area contributed by atoms with Crippen LogP contribution in [0.3, 0.4) is 0 Å². The van der Waals surface area contributed by atoms with E-state index in [0.717, 1.165) is 0 Å². The van der Waals surface area contributed by atoms with E-state index in [1.807, 2.05) is 0 Å². The minimum atomic E-state index is -3.85. The number of hydrogen-bond donors (Lipinski definition) is 1. The molecule has 0 aliphatic heterocycles. The van der Waals surface area contributed by atoms with Crippen LogP contribution >= 0.6 is 0 Å². The van der Waals surface area contributed by atoms with Gasteiger partial charge in [-0.25, -0.2) is 13.2 Å². The fourth-order valence-electron chi connectivity index (χ4n) is 3.21. The van der Waals surface area contributed by atoms with Crippen molar-refractivity contribution in [2.24, 2.45) is 0 Å². The predicted molar refractivity (Wildman–Crippen MR) is 126 cm³/mol. The van der Waals surface area contributed by atoms with E-state index in [9.17, 15) is 23.3 Å². The van der Waals surface area contributed by atoms with Crippen molar-refractivity contribution in [3.8, 4) is 11.5 Å². The maximum absolute atomic E-state index is 13.3. The summed E-state index contributed by atoms with van der Waals surface area (Å²) in [5, 5.41) is 13.3. The van der Waals surface area contributed by atoms with Crippen LogP contribution in [0.5, 0.6) is 11.5 Å². The van der Waals surface area contributed by atoms with Gasteiger partial charge in [0.25, 0.3) is 15.7 Å². The molecule has 0 saturated heterocycles. The Hall–Kier alpha value is -4.12. The van der Waals surface area contributed by atoms with Gasteiger partial charge in [0.15, 0.2) is 0 Å². The molecule has 0 radical (unpaired) electrons. The summed E-state index contributed by atoms with van der Waals surface area (Å²) < 4.78 is 38.2. The first-order valence-electron chi connectivity index (χ1n) is 10.2. The van der Waals surface area contributed by atoms with Gasteiger partial charge >= 0.3 is 6.09 Å². The zero-order valence-corrected chi connectivity index (χ0v) is 19.3. The second-order valence-corrected chi connectivity index (χ2v) is 8.83. The summed E-state index contributed by atoms with van der Waals surface area (Å²) in [5.41, 5.74) is 0.734. The van der Waals surface area contributed by atoms with Crippen molar-refractivity contribution in [2.45, 2.75) is 18.4 Å². The Morgan fingerprint density at radius 2 is 1.68 bits per heavy atom. The van der Waals surface area contributed by atoms with Gasteiger partial charge in [-0.15, -0.1) is 0 Å². The van der Waals surface area contributed by atoms with Crippen LogP contribution in [0.1, 0.15) is 12.5 Å². The van der Waals surface area contributed by atoms with Gasteiger partial charge in [0, 0.05) is 25.2 Å². The van der Waals surface area contributed by atoms with Crippen LogP contribution in [0.25, 0.3) is 0 Å². The van der Waals surface area contributed by atoms with Gasteiger partial charge < -0.3 is 14.8 Å². The molecule has 178 valence electrons. The highest BCUT2D eigenvalue weighted by Gasteiger charge is 2.25. The molecule has 0 bridgehead atoms. The molecule has 0 aliphatic rings. The van der Waals surface area contributed by atoms with Crippen LogP contribution in [-0.4, -0.2) is 33.1 Å². The number of carbonyl (C=O) groups excluding carboxylic acids is 1. The Morgan fingerprint density at radius 3 is 2.26 bits per heavy atom. The third kappa shape index (κ3) is 5.62. The van der Waals surface area contributed by atoms with E-state index in [2.05, 4.69) is 5.32 Å². The number of amides is 1. The standard InChI is InChI=1S/C23H23N3O7S/c1-3-25(34(30,31)21-7-5-4-6-8-21)22-14-13-20(32-2)15-17(22)16-24-23(27)33-19-11-9-18(10-12-19)26(28)29/h4-15H,3,16H2,1-2H3,(H,24,27). The van der Waals surface area contributed by atoms with Crippen molar-refractivity contribution in [1.82, 2.24) is 5.32 Å². The van der Waals surface area contributed by atoms with Gasteiger partial charge in [0.1, 0.15) is 11.5 Å². The highest BCUT2D eigenvalue weighted by Crippen LogP contribution is 2.30. The summed E-state index contributed by atoms with van der Waals surface area (Å²) in [7, 11) is -2.37. The number of benzene rings is 3. The van der Waals surface area contributed by atoms with Gasteiger partial charge in [-0.3, -0.25) is 14.4 Å². The van der Waals surface area contributed by atoms with Crippen LogP contribution in [-0.2, 0) is 16.6 Å². The largest absolute Gasteiger partial charge is 0.497 e. The normalized spacial score (nSPS) is 10.9. The van der Waals surface area contributed by atoms with E-state index in [0.29, 0.717) is 17.0 Å². The van der Waals surface area contributed by atoms with E-state index < -0.39 is 21.0 Å². The molecule has 0 aliphatic carbocycles. The van der Waals surface area contributed by atoms with E-state index in [4.69, 9.17) is 9.47 Å². The van der Waals surface area contributed by atoms with Crippen LogP contribution < -0.4 is 19.1 Å². The molecule has 0 atom stereocenters. The predicted octanol–water partition coefficient (Wildman–Crippen LogP) is 4.11.